The summed E-state index contributed by atoms with van der Waals surface area (Å²) in [6.07, 6.45) is 1.92. The zero-order chi connectivity index (χ0) is 22.1. The smallest absolute Gasteiger partial charge is 0.232 e. The number of anilines is 1. The number of thiocarbonyl (C=S) groups is 1. The highest BCUT2D eigenvalue weighted by molar-refractivity contribution is 9.10. The zero-order valence-electron chi connectivity index (χ0n) is 16.8. The maximum Gasteiger partial charge on any atom is 0.232 e. The highest BCUT2D eigenvalue weighted by Crippen LogP contribution is 2.26. The molecule has 1 atom stereocenters. The molecule has 0 radical (unpaired) electrons. The molecule has 0 aliphatic rings. The van der Waals surface area contributed by atoms with Crippen LogP contribution in [0.1, 0.15) is 30.1 Å². The third-order valence-corrected chi connectivity index (χ3v) is 7.32. The van der Waals surface area contributed by atoms with Crippen LogP contribution < -0.4 is 4.31 Å². The number of hydrogen-bond donors (Lipinski definition) is 0. The van der Waals surface area contributed by atoms with Gasteiger partial charge in [0.25, 0.3) is 0 Å². The lowest BCUT2D eigenvalue weighted by molar-refractivity contribution is 0.0980. The Labute approximate surface area is 196 Å². The standard InChI is InChI=1S/C21H24BrNO4S3/c1-3-27-21(28)29-19(13-14-20(24)16-9-11-17(22)12-10-16)15-23(30(2,25)26)18-7-5-4-6-8-18/h4-12,19H,3,13-15H2,1-2H3. The van der Waals surface area contributed by atoms with Crippen LogP contribution in [-0.2, 0) is 14.8 Å². The molecule has 30 heavy (non-hydrogen) atoms. The van der Waals surface area contributed by atoms with Crippen LogP contribution in [-0.4, -0.2) is 43.2 Å². The van der Waals surface area contributed by atoms with Gasteiger partial charge < -0.3 is 4.74 Å². The number of sulfonamides is 1. The molecule has 0 N–H and O–H groups in total. The fraction of sp³-hybridized carbons (Fsp3) is 0.333. The lowest BCUT2D eigenvalue weighted by atomic mass is 10.1. The largest absolute Gasteiger partial charge is 0.479 e. The van der Waals surface area contributed by atoms with Gasteiger partial charge in [-0.3, -0.25) is 9.10 Å². The van der Waals surface area contributed by atoms with Crippen molar-refractivity contribution in [3.8, 4) is 0 Å². The third kappa shape index (κ3) is 8.02. The highest BCUT2D eigenvalue weighted by atomic mass is 79.9. The van der Waals surface area contributed by atoms with Gasteiger partial charge in [-0.1, -0.05) is 58.0 Å². The van der Waals surface area contributed by atoms with E-state index in [0.717, 1.165) is 4.47 Å². The topological polar surface area (TPSA) is 63.7 Å². The molecule has 162 valence electrons. The van der Waals surface area contributed by atoms with Crippen LogP contribution in [0.5, 0.6) is 0 Å². The molecule has 9 heteroatoms. The second kappa shape index (κ2) is 11.8. The summed E-state index contributed by atoms with van der Waals surface area (Å²) >= 11 is 9.92. The van der Waals surface area contributed by atoms with Gasteiger partial charge in [-0.05, 0) is 49.8 Å². The summed E-state index contributed by atoms with van der Waals surface area (Å²) in [4.78, 5) is 12.6. The maximum absolute atomic E-state index is 12.6. The van der Waals surface area contributed by atoms with E-state index in [1.807, 2.05) is 25.1 Å². The number of halogens is 1. The van der Waals surface area contributed by atoms with Crippen molar-refractivity contribution < 1.29 is 17.9 Å². The van der Waals surface area contributed by atoms with Crippen LogP contribution in [0.15, 0.2) is 59.1 Å². The first-order chi connectivity index (χ1) is 14.2. The molecule has 5 nitrogen and oxygen atoms in total. The summed E-state index contributed by atoms with van der Waals surface area (Å²) in [5, 5.41) is -0.238. The molecule has 2 aromatic carbocycles. The van der Waals surface area contributed by atoms with Crippen LogP contribution in [0.4, 0.5) is 5.69 Å². The average molecular weight is 531 g/mol. The first-order valence-corrected chi connectivity index (χ1v) is 13.3. The van der Waals surface area contributed by atoms with Gasteiger partial charge in [0.05, 0.1) is 18.6 Å². The number of ketones is 1. The van der Waals surface area contributed by atoms with Crippen molar-refractivity contribution in [3.05, 3.63) is 64.6 Å². The number of hydrogen-bond acceptors (Lipinski definition) is 6. The van der Waals surface area contributed by atoms with Gasteiger partial charge in [0, 0.05) is 28.3 Å². The third-order valence-electron chi connectivity index (χ3n) is 4.20. The number of carbonyl (C=O) groups is 1. The highest BCUT2D eigenvalue weighted by Gasteiger charge is 2.24. The minimum Gasteiger partial charge on any atom is -0.479 e. The van der Waals surface area contributed by atoms with Crippen LogP contribution in [0.3, 0.4) is 0 Å². The number of carbonyl (C=O) groups excluding carboxylic acids is 1. The summed E-state index contributed by atoms with van der Waals surface area (Å²) in [6, 6.07) is 16.1. The second-order valence-corrected chi connectivity index (χ2v) is 11.2. The van der Waals surface area contributed by atoms with E-state index in [4.69, 9.17) is 17.0 Å². The molecular weight excluding hydrogens is 506 g/mol. The summed E-state index contributed by atoms with van der Waals surface area (Å²) < 4.78 is 32.9. The molecule has 0 aliphatic heterocycles. The van der Waals surface area contributed by atoms with Gasteiger partial charge in [-0.2, -0.15) is 0 Å². The average Bonchev–Trinajstić information content (AvgIpc) is 2.70. The van der Waals surface area contributed by atoms with Gasteiger partial charge >= 0.3 is 0 Å². The minimum absolute atomic E-state index is 0.000968. The normalized spacial score (nSPS) is 12.2. The fourth-order valence-corrected chi connectivity index (χ4v) is 5.52. The maximum atomic E-state index is 12.6. The molecule has 0 spiro atoms. The minimum atomic E-state index is -3.51. The van der Waals surface area contributed by atoms with Crippen LogP contribution in [0, 0.1) is 0 Å². The molecule has 0 saturated heterocycles. The fourth-order valence-electron chi connectivity index (χ4n) is 2.76. The molecule has 0 fully saturated rings. The molecule has 0 heterocycles. The van der Waals surface area contributed by atoms with Gasteiger partial charge in [0.2, 0.25) is 14.4 Å². The lowest BCUT2D eigenvalue weighted by Crippen LogP contribution is -2.36. The first kappa shape index (κ1) is 24.8. The van der Waals surface area contributed by atoms with E-state index in [1.54, 1.807) is 36.4 Å². The molecule has 0 bridgehead atoms. The van der Waals surface area contributed by atoms with E-state index < -0.39 is 10.0 Å². The van der Waals surface area contributed by atoms with E-state index in [0.29, 0.717) is 28.7 Å². The Kier molecular flexibility index (Phi) is 9.80. The Hall–Kier alpha value is -1.42. The van der Waals surface area contributed by atoms with Crippen LogP contribution in [0.25, 0.3) is 0 Å². The Morgan fingerprint density at radius 3 is 2.37 bits per heavy atom. The number of rotatable bonds is 10. The predicted octanol–water partition coefficient (Wildman–Crippen LogP) is 5.30. The lowest BCUT2D eigenvalue weighted by Gasteiger charge is -2.27. The van der Waals surface area contributed by atoms with E-state index in [9.17, 15) is 13.2 Å². The summed E-state index contributed by atoms with van der Waals surface area (Å²) in [7, 11) is -3.51. The molecule has 0 aliphatic carbocycles. The predicted molar refractivity (Wildman–Crippen MR) is 132 cm³/mol. The Balaban J connectivity index is 2.17. The SMILES string of the molecule is CCOC(=S)SC(CCC(=O)c1ccc(Br)cc1)CN(c1ccccc1)S(C)(=O)=O. The number of para-hydroxylation sites is 1. The van der Waals surface area contributed by atoms with E-state index in [1.165, 1.54) is 22.3 Å². The molecule has 2 rings (SSSR count). The first-order valence-electron chi connectivity index (χ1n) is 9.35. The van der Waals surface area contributed by atoms with Crippen molar-refractivity contribution in [2.24, 2.45) is 0 Å². The van der Waals surface area contributed by atoms with Gasteiger partial charge in [-0.15, -0.1) is 0 Å². The van der Waals surface area contributed by atoms with Gasteiger partial charge in [0.1, 0.15) is 0 Å². The number of nitrogens with zero attached hydrogens (tertiary/aromatic N) is 1. The zero-order valence-corrected chi connectivity index (χ0v) is 20.8. The number of Topliss-reactive ketones (excluding diaryl/α,β-unsaturated/α-hetero) is 1. The number of ether oxygens (including phenoxy) is 1. The Bertz CT molecular complexity index is 950. The van der Waals surface area contributed by atoms with Crippen molar-refractivity contribution in [1.82, 2.24) is 0 Å². The van der Waals surface area contributed by atoms with E-state index in [-0.39, 0.29) is 24.0 Å². The monoisotopic (exact) mass is 529 g/mol. The van der Waals surface area contributed by atoms with Crippen molar-refractivity contribution in [2.45, 2.75) is 25.0 Å². The van der Waals surface area contributed by atoms with E-state index >= 15 is 0 Å². The Morgan fingerprint density at radius 2 is 1.80 bits per heavy atom. The molecule has 0 saturated carbocycles. The molecule has 2 aromatic rings. The summed E-state index contributed by atoms with van der Waals surface area (Å²) in [5.41, 5.74) is 1.20. The van der Waals surface area contributed by atoms with Crippen molar-refractivity contribution in [3.63, 3.8) is 0 Å². The quantitative estimate of drug-likeness (QED) is 0.307. The van der Waals surface area contributed by atoms with Gasteiger partial charge in [0.15, 0.2) is 5.78 Å². The van der Waals surface area contributed by atoms with Crippen molar-refractivity contribution >= 4 is 65.8 Å². The molecular formula is C21H24BrNO4S3. The van der Waals surface area contributed by atoms with Crippen LogP contribution in [0.2, 0.25) is 0 Å². The molecule has 1 unspecified atom stereocenters. The number of thioether (sulfide) groups is 1. The second-order valence-electron chi connectivity index (χ2n) is 6.52. The van der Waals surface area contributed by atoms with Gasteiger partial charge in [-0.25, -0.2) is 8.42 Å². The van der Waals surface area contributed by atoms with Crippen molar-refractivity contribution in [2.75, 3.05) is 23.7 Å². The molecule has 0 aromatic heterocycles. The number of benzene rings is 2. The van der Waals surface area contributed by atoms with Crippen molar-refractivity contribution in [1.29, 1.82) is 0 Å². The van der Waals surface area contributed by atoms with E-state index in [2.05, 4.69) is 15.9 Å². The summed E-state index contributed by atoms with van der Waals surface area (Å²) in [6.45, 7) is 2.46. The molecule has 0 amide bonds. The summed E-state index contributed by atoms with van der Waals surface area (Å²) in [5.74, 6) is 0.000968. The van der Waals surface area contributed by atoms with Crippen LogP contribution >= 0.6 is 39.9 Å². The Morgan fingerprint density at radius 1 is 1.17 bits per heavy atom.